The number of imidazole rings is 2. The number of amides is 2. The molecule has 0 unspecified atom stereocenters. The van der Waals surface area contributed by atoms with Crippen molar-refractivity contribution < 1.29 is 39.9 Å². The zero-order chi connectivity index (χ0) is 51.0. The second-order valence-electron chi connectivity index (χ2n) is 19.7. The highest BCUT2D eigenvalue weighted by molar-refractivity contribution is 7.88. The molecule has 4 atom stereocenters. The van der Waals surface area contributed by atoms with Crippen molar-refractivity contribution in [3.05, 3.63) is 101 Å². The Labute approximate surface area is 417 Å². The van der Waals surface area contributed by atoms with Gasteiger partial charge in [0.1, 0.15) is 29.0 Å². The summed E-state index contributed by atoms with van der Waals surface area (Å²) >= 11 is 0. The van der Waals surface area contributed by atoms with Crippen molar-refractivity contribution in [2.75, 3.05) is 43.6 Å². The lowest BCUT2D eigenvalue weighted by molar-refractivity contribution is -0.123. The van der Waals surface area contributed by atoms with Gasteiger partial charge < -0.3 is 28.4 Å². The Morgan fingerprint density at radius 2 is 1.18 bits per heavy atom. The Bertz CT molecular complexity index is 3470. The van der Waals surface area contributed by atoms with Gasteiger partial charge in [0.25, 0.3) is 0 Å². The lowest BCUT2D eigenvalue weighted by Gasteiger charge is -2.36. The van der Waals surface area contributed by atoms with Crippen LogP contribution in [0.25, 0.3) is 44.3 Å². The fraction of sp³-hybridized carbons (Fsp3) is 0.451. The smallest absolute Gasteiger partial charge is 0.227 e. The Kier molecular flexibility index (Phi) is 13.0. The normalized spacial score (nSPS) is 21.5. The summed E-state index contributed by atoms with van der Waals surface area (Å²) in [6.45, 7) is 10.9. The molecule has 18 nitrogen and oxygen atoms in total. The third-order valence-electron chi connectivity index (χ3n) is 14.7. The lowest BCUT2D eigenvalue weighted by Crippen LogP contribution is -2.40. The van der Waals surface area contributed by atoms with E-state index in [0.717, 1.165) is 80.1 Å². The van der Waals surface area contributed by atoms with Gasteiger partial charge in [0.2, 0.25) is 31.9 Å². The molecule has 1 N–H and O–H groups in total. The first-order chi connectivity index (χ1) is 34.2. The maximum absolute atomic E-state index is 14.6. The van der Waals surface area contributed by atoms with E-state index >= 15 is 0 Å². The van der Waals surface area contributed by atoms with E-state index in [4.69, 9.17) is 19.0 Å². The number of benzene rings is 3. The van der Waals surface area contributed by atoms with Crippen molar-refractivity contribution in [1.82, 2.24) is 43.3 Å². The summed E-state index contributed by atoms with van der Waals surface area (Å²) < 4.78 is 81.6. The molecular formula is C51H59FN10O8S2. The summed E-state index contributed by atoms with van der Waals surface area (Å²) in [5.74, 6) is 2.51. The SMILES string of the molecule is Cc1ccc(N2C(=O)CCC[C@H]2c2nc3cc(-c4c(C)noc4C)ccc3n2[C@@H]2CCN(S(C)(=O)=O)C2)cc1F.Cc1noc(C)c1-c1ccc2c(c1)nc([C@@H]1CCCC(=O)N1)n2[C@@H]1CCN(S(C)(=O)=O)C1. The highest BCUT2D eigenvalue weighted by atomic mass is 32.2. The van der Waals surface area contributed by atoms with Crippen LogP contribution in [0.4, 0.5) is 10.1 Å². The number of piperidine rings is 2. The van der Waals surface area contributed by atoms with Gasteiger partial charge in [0.05, 0.1) is 70.1 Å². The van der Waals surface area contributed by atoms with Crippen LogP contribution in [0, 0.1) is 40.4 Å². The maximum atomic E-state index is 14.6. The van der Waals surface area contributed by atoms with Gasteiger partial charge in [-0.15, -0.1) is 0 Å². The first-order valence-corrected chi connectivity index (χ1v) is 28.1. The molecular weight excluding hydrogens is 964 g/mol. The quantitative estimate of drug-likeness (QED) is 0.145. The summed E-state index contributed by atoms with van der Waals surface area (Å²) in [7, 11) is -6.62. The largest absolute Gasteiger partial charge is 0.361 e. The highest BCUT2D eigenvalue weighted by Gasteiger charge is 2.39. The fourth-order valence-corrected chi connectivity index (χ4v) is 13.0. The van der Waals surface area contributed by atoms with Gasteiger partial charge in [-0.1, -0.05) is 28.5 Å². The Balaban J connectivity index is 0.000000170. The van der Waals surface area contributed by atoms with Gasteiger partial charge in [-0.3, -0.25) is 9.59 Å². The summed E-state index contributed by atoms with van der Waals surface area (Å²) in [5.41, 5.74) is 9.71. The Morgan fingerprint density at radius 1 is 0.653 bits per heavy atom. The van der Waals surface area contributed by atoms with Crippen molar-refractivity contribution in [2.45, 2.75) is 110 Å². The van der Waals surface area contributed by atoms with Crippen LogP contribution < -0.4 is 10.2 Å². The molecule has 2 amide bonds. The van der Waals surface area contributed by atoms with Crippen molar-refractivity contribution >= 4 is 59.6 Å². The summed E-state index contributed by atoms with van der Waals surface area (Å²) in [6, 6.07) is 16.1. The number of aryl methyl sites for hydroxylation is 5. The number of hydrogen-bond acceptors (Lipinski definition) is 12. The number of nitrogens with one attached hydrogen (secondary N) is 1. The van der Waals surface area contributed by atoms with E-state index in [0.29, 0.717) is 87.5 Å². The van der Waals surface area contributed by atoms with E-state index in [9.17, 15) is 30.8 Å². The third-order valence-corrected chi connectivity index (χ3v) is 17.3. The number of nitrogens with zero attached hydrogens (tertiary/aromatic N) is 9. The highest BCUT2D eigenvalue weighted by Crippen LogP contribution is 2.42. The predicted molar refractivity (Wildman–Crippen MR) is 269 cm³/mol. The number of aromatic nitrogens is 6. The van der Waals surface area contributed by atoms with Crippen LogP contribution in [-0.2, 0) is 29.6 Å². The zero-order valence-electron chi connectivity index (χ0n) is 41.5. The van der Waals surface area contributed by atoms with Crippen molar-refractivity contribution in [3.8, 4) is 22.3 Å². The number of carbonyl (C=O) groups is 2. The molecule has 4 aliphatic rings. The first-order valence-electron chi connectivity index (χ1n) is 24.4. The number of hydrogen-bond donors (Lipinski definition) is 1. The van der Waals surface area contributed by atoms with E-state index in [1.54, 1.807) is 24.0 Å². The summed E-state index contributed by atoms with van der Waals surface area (Å²) in [5, 5.41) is 11.2. The van der Waals surface area contributed by atoms with Crippen LogP contribution in [-0.4, -0.2) is 105 Å². The van der Waals surface area contributed by atoms with Crippen molar-refractivity contribution in [1.29, 1.82) is 0 Å². The summed E-state index contributed by atoms with van der Waals surface area (Å²) in [4.78, 5) is 37.2. The minimum Gasteiger partial charge on any atom is -0.361 e. The van der Waals surface area contributed by atoms with E-state index in [1.165, 1.54) is 27.2 Å². The zero-order valence-corrected chi connectivity index (χ0v) is 43.1. The van der Waals surface area contributed by atoms with Crippen LogP contribution in [0.2, 0.25) is 0 Å². The maximum Gasteiger partial charge on any atom is 0.227 e. The molecule has 380 valence electrons. The number of carbonyl (C=O) groups excluding carboxylic acids is 2. The number of halogens is 1. The minimum atomic E-state index is -3.36. The number of fused-ring (bicyclic) bond motifs is 2. The second kappa shape index (κ2) is 19.0. The standard InChI is InChI=1S/C29H32FN5O4S.C22H27N5O4S/c1-17-8-10-21(15-23(17)30)34-26(6-5-7-27(34)36)29-31-24-14-20(28-18(2)32-39-19(28)3)9-11-25(24)35(29)22-12-13-33(16-22)40(4,37)38;1-13-21(14(2)31-25-13)15-7-8-19-18(11-15)24-22(17-5-4-6-20(28)23-17)27(19)16-9-10-26(12-16)32(3,29)30/h8-11,14-15,22,26H,5-7,12-13,16H2,1-4H3;7-8,11,16-17H,4-6,9-10,12H2,1-3H3,(H,23,28)/t22-,26+;16-,17+/m11/s1. The van der Waals surface area contributed by atoms with Gasteiger partial charge in [-0.2, -0.15) is 0 Å². The lowest BCUT2D eigenvalue weighted by atomic mass is 9.99. The average molecular weight is 1020 g/mol. The van der Waals surface area contributed by atoms with Gasteiger partial charge in [0.15, 0.2) is 0 Å². The minimum absolute atomic E-state index is 0.0282. The molecule has 21 heteroatoms. The van der Waals surface area contributed by atoms with E-state index in [1.807, 2.05) is 64.1 Å². The Morgan fingerprint density at radius 3 is 1.67 bits per heavy atom. The molecule has 0 bridgehead atoms. The molecule has 3 aromatic carbocycles. The van der Waals surface area contributed by atoms with Crippen LogP contribution in [0.15, 0.2) is 63.6 Å². The predicted octanol–water partition coefficient (Wildman–Crippen LogP) is 8.08. The Hall–Kier alpha value is -6.29. The first kappa shape index (κ1) is 49.3. The number of anilines is 1. The second-order valence-corrected chi connectivity index (χ2v) is 23.7. The van der Waals surface area contributed by atoms with E-state index < -0.39 is 26.1 Å². The topological polar surface area (TPSA) is 212 Å². The molecule has 4 fully saturated rings. The van der Waals surface area contributed by atoms with Crippen LogP contribution in [0.5, 0.6) is 0 Å². The molecule has 72 heavy (non-hydrogen) atoms. The molecule has 0 saturated carbocycles. The van der Waals surface area contributed by atoms with E-state index in [2.05, 4.69) is 24.8 Å². The van der Waals surface area contributed by atoms with Crippen LogP contribution in [0.3, 0.4) is 0 Å². The number of sulfonamides is 2. The van der Waals surface area contributed by atoms with Gasteiger partial charge >= 0.3 is 0 Å². The van der Waals surface area contributed by atoms with Gasteiger partial charge in [-0.05, 0) is 126 Å². The average Bonchev–Trinajstić information content (AvgIpc) is 4.20. The third kappa shape index (κ3) is 9.24. The molecule has 0 aliphatic carbocycles. The van der Waals surface area contributed by atoms with Crippen molar-refractivity contribution in [3.63, 3.8) is 0 Å². The fourth-order valence-electron chi connectivity index (χ4n) is 11.2. The molecule has 8 heterocycles. The van der Waals surface area contributed by atoms with E-state index in [-0.39, 0.29) is 35.8 Å². The van der Waals surface area contributed by atoms with Gasteiger partial charge in [-0.25, -0.2) is 39.8 Å². The van der Waals surface area contributed by atoms with Gasteiger partial charge in [0, 0.05) is 55.8 Å². The molecule has 0 radical (unpaired) electrons. The van der Waals surface area contributed by atoms with Crippen molar-refractivity contribution in [2.24, 2.45) is 0 Å². The molecule has 4 aliphatic heterocycles. The summed E-state index contributed by atoms with van der Waals surface area (Å²) in [6.07, 6.45) is 7.66. The number of rotatable bonds is 9. The molecule has 11 rings (SSSR count). The molecule has 4 saturated heterocycles. The van der Waals surface area contributed by atoms with Crippen LogP contribution in [0.1, 0.15) is 116 Å². The molecule has 0 spiro atoms. The molecule has 4 aromatic heterocycles. The van der Waals surface area contributed by atoms with Crippen LogP contribution >= 0.6 is 0 Å². The monoisotopic (exact) mass is 1020 g/mol. The molecule has 7 aromatic rings.